The molecule has 0 unspecified atom stereocenters. The molecule has 1 atom stereocenters. The van der Waals surface area contributed by atoms with Crippen molar-refractivity contribution in [3.05, 3.63) is 12.1 Å². The Balaban J connectivity index is 1.52. The van der Waals surface area contributed by atoms with E-state index in [4.69, 9.17) is 0 Å². The predicted octanol–water partition coefficient (Wildman–Crippen LogP) is 1.88. The Labute approximate surface area is 121 Å². The normalized spacial score (nSPS) is 23.4. The number of rotatable bonds is 5. The van der Waals surface area contributed by atoms with E-state index in [0.717, 1.165) is 37.2 Å². The molecule has 2 N–H and O–H groups in total. The van der Waals surface area contributed by atoms with E-state index in [1.807, 2.05) is 7.05 Å². The molecule has 0 bridgehead atoms. The largest absolute Gasteiger partial charge is 0.368 e. The van der Waals surface area contributed by atoms with Gasteiger partial charge in [0.2, 0.25) is 0 Å². The molecule has 3 rings (SSSR count). The van der Waals surface area contributed by atoms with E-state index >= 15 is 0 Å². The second kappa shape index (κ2) is 6.39. The van der Waals surface area contributed by atoms with Gasteiger partial charge in [0.1, 0.15) is 5.82 Å². The van der Waals surface area contributed by atoms with Gasteiger partial charge in [-0.2, -0.15) is 0 Å². The van der Waals surface area contributed by atoms with Crippen LogP contribution in [-0.2, 0) is 0 Å². The van der Waals surface area contributed by atoms with E-state index in [2.05, 4.69) is 37.9 Å². The van der Waals surface area contributed by atoms with Gasteiger partial charge in [0.25, 0.3) is 0 Å². The molecule has 1 aromatic rings. The van der Waals surface area contributed by atoms with Gasteiger partial charge >= 0.3 is 0 Å². The van der Waals surface area contributed by atoms with E-state index in [-0.39, 0.29) is 0 Å². The van der Waals surface area contributed by atoms with Crippen molar-refractivity contribution in [1.29, 1.82) is 0 Å². The van der Waals surface area contributed by atoms with E-state index in [9.17, 15) is 0 Å². The first-order chi connectivity index (χ1) is 9.85. The molecule has 2 fully saturated rings. The second-order valence-corrected chi connectivity index (χ2v) is 6.03. The summed E-state index contributed by atoms with van der Waals surface area (Å²) >= 11 is 0. The van der Waals surface area contributed by atoms with Crippen molar-refractivity contribution in [3.63, 3.8) is 0 Å². The summed E-state index contributed by atoms with van der Waals surface area (Å²) in [6.45, 7) is 3.13. The van der Waals surface area contributed by atoms with Crippen LogP contribution in [-0.4, -0.2) is 42.9 Å². The zero-order valence-electron chi connectivity index (χ0n) is 12.3. The van der Waals surface area contributed by atoms with Gasteiger partial charge in [0.15, 0.2) is 5.82 Å². The maximum Gasteiger partial charge on any atom is 0.151 e. The van der Waals surface area contributed by atoms with Gasteiger partial charge < -0.3 is 15.5 Å². The fourth-order valence-electron chi connectivity index (χ4n) is 3.26. The lowest BCUT2D eigenvalue weighted by Gasteiger charge is -2.17. The molecule has 2 heterocycles. The van der Waals surface area contributed by atoms with Crippen LogP contribution in [0.25, 0.3) is 0 Å². The first-order valence-electron chi connectivity index (χ1n) is 7.85. The van der Waals surface area contributed by atoms with Crippen LogP contribution in [0.2, 0.25) is 0 Å². The van der Waals surface area contributed by atoms with Crippen LogP contribution in [0.4, 0.5) is 11.6 Å². The van der Waals surface area contributed by atoms with E-state index in [1.54, 1.807) is 0 Å². The average Bonchev–Trinajstić information content (AvgIpc) is 3.17. The van der Waals surface area contributed by atoms with Gasteiger partial charge in [-0.1, -0.05) is 12.8 Å². The quantitative estimate of drug-likeness (QED) is 0.859. The Morgan fingerprint density at radius 3 is 2.70 bits per heavy atom. The molecule has 0 spiro atoms. The molecule has 1 aromatic heterocycles. The van der Waals surface area contributed by atoms with E-state index < -0.39 is 0 Å². The summed E-state index contributed by atoms with van der Waals surface area (Å²) in [7, 11) is 2.02. The van der Waals surface area contributed by atoms with Crippen LogP contribution in [0.1, 0.15) is 32.1 Å². The zero-order valence-corrected chi connectivity index (χ0v) is 12.3. The highest BCUT2D eigenvalue weighted by atomic mass is 15.3. The molecule has 0 aromatic carbocycles. The van der Waals surface area contributed by atoms with Crippen molar-refractivity contribution in [2.75, 3.05) is 36.9 Å². The lowest BCUT2D eigenvalue weighted by atomic mass is 10.1. The Bertz CT molecular complexity index is 413. The van der Waals surface area contributed by atoms with Crippen molar-refractivity contribution in [2.45, 2.75) is 38.1 Å². The molecule has 1 saturated heterocycles. The number of anilines is 2. The highest BCUT2D eigenvalue weighted by Gasteiger charge is 2.22. The molecule has 5 nitrogen and oxygen atoms in total. The molecule has 20 heavy (non-hydrogen) atoms. The molecule has 5 heteroatoms. The maximum absolute atomic E-state index is 4.36. The van der Waals surface area contributed by atoms with Crippen molar-refractivity contribution in [2.24, 2.45) is 5.92 Å². The number of aromatic nitrogens is 2. The standard InChI is InChI=1S/C15H25N5/c1-16-13-8-9-20(11-13)15-7-6-14(18-19-15)17-10-12-4-2-3-5-12/h6-7,12-13,16H,2-5,8-11H2,1H3,(H,17,18)/t13-/m0/s1. The number of nitrogens with one attached hydrogen (secondary N) is 2. The minimum atomic E-state index is 0.581. The Morgan fingerprint density at radius 1 is 1.20 bits per heavy atom. The molecule has 0 amide bonds. The number of nitrogens with zero attached hydrogens (tertiary/aromatic N) is 3. The fourth-order valence-corrected chi connectivity index (χ4v) is 3.26. The molecule has 1 aliphatic heterocycles. The smallest absolute Gasteiger partial charge is 0.151 e. The molecular formula is C15H25N5. The maximum atomic E-state index is 4.36. The molecular weight excluding hydrogens is 250 g/mol. The molecule has 2 aliphatic rings. The monoisotopic (exact) mass is 275 g/mol. The summed E-state index contributed by atoms with van der Waals surface area (Å²) in [5.41, 5.74) is 0. The topological polar surface area (TPSA) is 53.1 Å². The van der Waals surface area contributed by atoms with Crippen LogP contribution >= 0.6 is 0 Å². The van der Waals surface area contributed by atoms with Gasteiger partial charge in [-0.3, -0.25) is 0 Å². The third kappa shape index (κ3) is 3.20. The Hall–Kier alpha value is -1.36. The Morgan fingerprint density at radius 2 is 2.05 bits per heavy atom. The van der Waals surface area contributed by atoms with Crippen molar-refractivity contribution < 1.29 is 0 Å². The third-order valence-electron chi connectivity index (χ3n) is 4.62. The lowest BCUT2D eigenvalue weighted by Crippen LogP contribution is -2.30. The molecule has 1 aliphatic carbocycles. The first kappa shape index (κ1) is 13.6. The summed E-state index contributed by atoms with van der Waals surface area (Å²) in [6, 6.07) is 4.73. The van der Waals surface area contributed by atoms with Gasteiger partial charge in [0.05, 0.1) is 0 Å². The van der Waals surface area contributed by atoms with Gasteiger partial charge in [-0.15, -0.1) is 10.2 Å². The van der Waals surface area contributed by atoms with Crippen LogP contribution < -0.4 is 15.5 Å². The van der Waals surface area contributed by atoms with Gasteiger partial charge in [-0.25, -0.2) is 0 Å². The highest BCUT2D eigenvalue weighted by Crippen LogP contribution is 2.25. The number of hydrogen-bond acceptors (Lipinski definition) is 5. The zero-order chi connectivity index (χ0) is 13.8. The summed E-state index contributed by atoms with van der Waals surface area (Å²) < 4.78 is 0. The summed E-state index contributed by atoms with van der Waals surface area (Å²) in [5, 5.41) is 15.4. The molecule has 0 radical (unpaired) electrons. The predicted molar refractivity (Wildman–Crippen MR) is 82.2 cm³/mol. The van der Waals surface area contributed by atoms with Crippen molar-refractivity contribution in [1.82, 2.24) is 15.5 Å². The fraction of sp³-hybridized carbons (Fsp3) is 0.733. The lowest BCUT2D eigenvalue weighted by molar-refractivity contribution is 0.578. The number of likely N-dealkylation sites (N-methyl/N-ethyl adjacent to an activating group) is 1. The van der Waals surface area contributed by atoms with Crippen molar-refractivity contribution >= 4 is 11.6 Å². The first-order valence-corrected chi connectivity index (χ1v) is 7.85. The highest BCUT2D eigenvalue weighted by molar-refractivity contribution is 5.44. The third-order valence-corrected chi connectivity index (χ3v) is 4.62. The van der Waals surface area contributed by atoms with Crippen LogP contribution in [0, 0.1) is 5.92 Å². The van der Waals surface area contributed by atoms with Crippen LogP contribution in [0.5, 0.6) is 0 Å². The van der Waals surface area contributed by atoms with Crippen LogP contribution in [0.15, 0.2) is 12.1 Å². The van der Waals surface area contributed by atoms with Crippen molar-refractivity contribution in [3.8, 4) is 0 Å². The summed E-state index contributed by atoms with van der Waals surface area (Å²) in [6.07, 6.45) is 6.67. The van der Waals surface area contributed by atoms with Gasteiger partial charge in [0, 0.05) is 25.7 Å². The van der Waals surface area contributed by atoms with Gasteiger partial charge in [-0.05, 0) is 44.4 Å². The molecule has 110 valence electrons. The van der Waals surface area contributed by atoms with Crippen LogP contribution in [0.3, 0.4) is 0 Å². The second-order valence-electron chi connectivity index (χ2n) is 6.03. The SMILES string of the molecule is CN[C@H]1CCN(c2ccc(NCC3CCCC3)nn2)C1. The summed E-state index contributed by atoms with van der Waals surface area (Å²) in [5.74, 6) is 2.73. The molecule has 1 saturated carbocycles. The van der Waals surface area contributed by atoms with E-state index in [0.29, 0.717) is 6.04 Å². The number of hydrogen-bond donors (Lipinski definition) is 2. The summed E-state index contributed by atoms with van der Waals surface area (Å²) in [4.78, 5) is 2.30. The average molecular weight is 275 g/mol. The minimum Gasteiger partial charge on any atom is -0.368 e. The Kier molecular flexibility index (Phi) is 4.35. The van der Waals surface area contributed by atoms with E-state index in [1.165, 1.54) is 32.1 Å². The minimum absolute atomic E-state index is 0.581.